The van der Waals surface area contributed by atoms with Crippen LogP contribution in [0.15, 0.2) is 4.76 Å². The molecule has 1 saturated carbocycles. The van der Waals surface area contributed by atoms with Crippen molar-refractivity contribution in [1.82, 2.24) is 4.90 Å². The summed E-state index contributed by atoms with van der Waals surface area (Å²) in [7, 11) is -3.35. The Kier molecular flexibility index (Phi) is 19.1. The van der Waals surface area contributed by atoms with E-state index in [2.05, 4.69) is 4.76 Å². The second-order valence-corrected chi connectivity index (χ2v) is 13.6. The first-order chi connectivity index (χ1) is 21.2. The van der Waals surface area contributed by atoms with Crippen molar-refractivity contribution in [3.8, 4) is 0 Å². The fourth-order valence-corrected chi connectivity index (χ4v) is 6.27. The smallest absolute Gasteiger partial charge is 0.480 e. The number of unbranched alkanes of at least 4 members (excludes halogenated alkanes) is 4. The van der Waals surface area contributed by atoms with Crippen molar-refractivity contribution in [3.63, 3.8) is 0 Å². The zero-order valence-electron chi connectivity index (χ0n) is 28.1. The lowest BCUT2D eigenvalue weighted by Gasteiger charge is -2.35. The molecule has 0 aliphatic heterocycles. The van der Waals surface area contributed by atoms with Gasteiger partial charge in [-0.25, -0.2) is 28.0 Å². The Morgan fingerprint density at radius 2 is 1.29 bits per heavy atom. The van der Waals surface area contributed by atoms with Crippen LogP contribution in [-0.4, -0.2) is 73.1 Å². The average molecular weight is 666 g/mol. The van der Waals surface area contributed by atoms with Gasteiger partial charge in [-0.05, 0) is 31.6 Å². The van der Waals surface area contributed by atoms with Crippen molar-refractivity contribution in [2.45, 2.75) is 131 Å². The van der Waals surface area contributed by atoms with Crippen LogP contribution >= 0.6 is 7.75 Å². The van der Waals surface area contributed by atoms with Crippen molar-refractivity contribution < 1.29 is 52.1 Å². The monoisotopic (exact) mass is 665 g/mol. The largest absolute Gasteiger partial charge is 0.510 e. The fraction of sp³-hybridized carbons (Fsp3) is 0.867. The van der Waals surface area contributed by atoms with E-state index in [1.807, 2.05) is 13.8 Å². The number of likely N-dealkylation sites (N-methyl/N-ethyl adjacent to an activating group) is 1. The number of hydrogen-bond acceptors (Lipinski definition) is 10. The topological polar surface area (TPSA) is 186 Å². The van der Waals surface area contributed by atoms with Crippen molar-refractivity contribution in [2.24, 2.45) is 28.3 Å². The molecule has 0 radical (unpaired) electrons. The molecule has 1 aliphatic rings. The Labute approximate surface area is 268 Å². The Hall–Kier alpha value is -2.57. The third kappa shape index (κ3) is 15.5. The van der Waals surface area contributed by atoms with Gasteiger partial charge in [-0.3, -0.25) is 0 Å². The number of carboxylic acid groups (broad SMARTS) is 1. The molecule has 0 aromatic heterocycles. The molecule has 0 saturated heterocycles. The van der Waals surface area contributed by atoms with Crippen LogP contribution in [0, 0.1) is 17.8 Å². The number of carbonyl (C=O) groups is 3. The van der Waals surface area contributed by atoms with E-state index in [1.54, 1.807) is 27.7 Å². The molecule has 0 aromatic rings. The normalized spacial score (nSPS) is 17.7. The minimum absolute atomic E-state index is 0.128. The SMILES string of the molecule is CCCCCOC(=O)OC(OP(=O)(N=C(N)N(C)C(C(=O)O)C1CCCCC1)OC(OC(=O)OCCCCC)C(C)C)C(C)C. The highest BCUT2D eigenvalue weighted by Crippen LogP contribution is 2.54. The minimum atomic E-state index is -4.78. The first kappa shape index (κ1) is 40.5. The Morgan fingerprint density at radius 3 is 1.67 bits per heavy atom. The molecule has 0 aromatic carbocycles. The lowest BCUT2D eigenvalue weighted by Crippen LogP contribution is -2.50. The summed E-state index contributed by atoms with van der Waals surface area (Å²) in [6, 6.07) is -1.05. The fourth-order valence-electron chi connectivity index (χ4n) is 4.64. The molecule has 0 heterocycles. The third-order valence-electron chi connectivity index (χ3n) is 7.28. The molecular weight excluding hydrogens is 609 g/mol. The van der Waals surface area contributed by atoms with Gasteiger partial charge in [0.25, 0.3) is 0 Å². The van der Waals surface area contributed by atoms with Crippen LogP contribution in [0.25, 0.3) is 0 Å². The van der Waals surface area contributed by atoms with Gasteiger partial charge >= 0.3 is 26.0 Å². The summed E-state index contributed by atoms with van der Waals surface area (Å²) >= 11 is 0. The van der Waals surface area contributed by atoms with Crippen LogP contribution in [0.2, 0.25) is 0 Å². The van der Waals surface area contributed by atoms with E-state index in [1.165, 1.54) is 11.9 Å². The molecule has 3 atom stereocenters. The number of nitrogens with two attached hydrogens (primary N) is 1. The van der Waals surface area contributed by atoms with Crippen LogP contribution in [0.3, 0.4) is 0 Å². The highest BCUT2D eigenvalue weighted by atomic mass is 31.2. The van der Waals surface area contributed by atoms with E-state index in [9.17, 15) is 24.1 Å². The summed E-state index contributed by atoms with van der Waals surface area (Å²) in [5.74, 6) is -2.88. The zero-order chi connectivity index (χ0) is 34.0. The zero-order valence-corrected chi connectivity index (χ0v) is 29.0. The molecule has 0 spiro atoms. The highest BCUT2D eigenvalue weighted by Gasteiger charge is 2.40. The van der Waals surface area contributed by atoms with E-state index < -0.39 is 62.4 Å². The maximum absolute atomic E-state index is 14.3. The van der Waals surface area contributed by atoms with Crippen LogP contribution in [0.5, 0.6) is 0 Å². The summed E-state index contributed by atoms with van der Waals surface area (Å²) < 4.78 is 50.7. The number of carbonyl (C=O) groups excluding carboxylic acids is 2. The molecule has 1 rings (SSSR count). The van der Waals surface area contributed by atoms with Gasteiger partial charge in [0.05, 0.1) is 13.2 Å². The number of rotatable bonds is 20. The molecule has 1 fully saturated rings. The van der Waals surface area contributed by atoms with Crippen molar-refractivity contribution >= 4 is 32.0 Å². The highest BCUT2D eigenvalue weighted by molar-refractivity contribution is 7.52. The van der Waals surface area contributed by atoms with E-state index in [4.69, 9.17) is 33.7 Å². The van der Waals surface area contributed by atoms with E-state index in [0.717, 1.165) is 44.9 Å². The van der Waals surface area contributed by atoms with Gasteiger partial charge in [-0.15, -0.1) is 4.76 Å². The molecule has 3 N–H and O–H groups in total. The summed E-state index contributed by atoms with van der Waals surface area (Å²) in [5.41, 5.74) is 6.26. The predicted molar refractivity (Wildman–Crippen MR) is 168 cm³/mol. The van der Waals surface area contributed by atoms with Gasteiger partial charge in [-0.2, -0.15) is 0 Å². The van der Waals surface area contributed by atoms with E-state index >= 15 is 0 Å². The van der Waals surface area contributed by atoms with Crippen LogP contribution in [-0.2, 0) is 37.4 Å². The van der Waals surface area contributed by atoms with Crippen LogP contribution in [0.4, 0.5) is 9.59 Å². The van der Waals surface area contributed by atoms with Gasteiger partial charge in [0.1, 0.15) is 6.04 Å². The number of nitrogens with zero attached hydrogens (tertiary/aromatic N) is 2. The molecular formula is C30H56N3O11P. The molecule has 3 unspecified atom stereocenters. The van der Waals surface area contributed by atoms with Gasteiger partial charge < -0.3 is 34.7 Å². The molecule has 15 heteroatoms. The summed E-state index contributed by atoms with van der Waals surface area (Å²) in [5, 5.41) is 10.1. The Morgan fingerprint density at radius 1 is 0.844 bits per heavy atom. The summed E-state index contributed by atoms with van der Waals surface area (Å²) in [6.07, 6.45) is 3.99. The first-order valence-electron chi connectivity index (χ1n) is 16.2. The van der Waals surface area contributed by atoms with Crippen molar-refractivity contribution in [1.29, 1.82) is 0 Å². The van der Waals surface area contributed by atoms with Gasteiger partial charge in [-0.1, -0.05) is 86.5 Å². The number of carboxylic acids is 1. The minimum Gasteiger partial charge on any atom is -0.480 e. The summed E-state index contributed by atoms with van der Waals surface area (Å²) in [6.45, 7) is 10.9. The summed E-state index contributed by atoms with van der Waals surface area (Å²) in [4.78, 5) is 38.4. The van der Waals surface area contributed by atoms with Gasteiger partial charge in [0.15, 0.2) is 0 Å². The number of ether oxygens (including phenoxy) is 4. The Balaban J connectivity index is 3.35. The number of hydrogen-bond donors (Lipinski definition) is 2. The molecule has 14 nitrogen and oxygen atoms in total. The van der Waals surface area contributed by atoms with E-state index in [-0.39, 0.29) is 19.1 Å². The standard InChI is InChI=1S/C30H56N3O11P/c1-8-10-15-19-39-29(36)41-26(21(3)4)43-45(38,44-27(22(5)6)42-30(37)40-20-16-11-9-2)32-28(31)33(7)24(25(34)35)23-17-13-12-14-18-23/h21-24,26-27H,8-20H2,1-7H3,(H,34,35)(H2,31,32,38). The van der Waals surface area contributed by atoms with Crippen molar-refractivity contribution in [2.75, 3.05) is 20.3 Å². The van der Waals surface area contributed by atoms with E-state index in [0.29, 0.717) is 25.7 Å². The lowest BCUT2D eigenvalue weighted by molar-refractivity contribution is -0.144. The molecule has 262 valence electrons. The second-order valence-electron chi connectivity index (χ2n) is 12.0. The maximum Gasteiger partial charge on any atom is 0.510 e. The first-order valence-corrected chi connectivity index (χ1v) is 17.7. The molecule has 0 bridgehead atoms. The van der Waals surface area contributed by atoms with Gasteiger partial charge in [0, 0.05) is 18.9 Å². The maximum atomic E-state index is 14.3. The Bertz CT molecular complexity index is 929. The number of guanidine groups is 1. The average Bonchev–Trinajstić information content (AvgIpc) is 2.97. The quantitative estimate of drug-likeness (QED) is 0.0336. The van der Waals surface area contributed by atoms with Crippen LogP contribution < -0.4 is 5.73 Å². The lowest BCUT2D eigenvalue weighted by atomic mass is 9.83. The molecule has 45 heavy (non-hydrogen) atoms. The number of aliphatic carboxylic acids is 1. The molecule has 0 amide bonds. The van der Waals surface area contributed by atoms with Crippen molar-refractivity contribution in [3.05, 3.63) is 0 Å². The molecule has 1 aliphatic carbocycles. The predicted octanol–water partition coefficient (Wildman–Crippen LogP) is 7.06. The van der Waals surface area contributed by atoms with Crippen LogP contribution in [0.1, 0.15) is 112 Å². The second kappa shape index (κ2) is 21.3. The third-order valence-corrected chi connectivity index (χ3v) is 8.67. The van der Waals surface area contributed by atoms with Gasteiger partial charge in [0.2, 0.25) is 18.5 Å².